The van der Waals surface area contributed by atoms with Gasteiger partial charge in [-0.2, -0.15) is 0 Å². The zero-order chi connectivity index (χ0) is 15.2. The number of nitrogens with zero attached hydrogens (tertiary/aromatic N) is 1. The molecular formula is C16H16N2O3. The van der Waals surface area contributed by atoms with Crippen LogP contribution in [-0.4, -0.2) is 17.3 Å². The minimum Gasteiger partial charge on any atom is -0.370 e. The Labute approximate surface area is 122 Å². The minimum atomic E-state index is -0.506. The van der Waals surface area contributed by atoms with Crippen molar-refractivity contribution >= 4 is 17.7 Å². The summed E-state index contributed by atoms with van der Waals surface area (Å²) in [5, 5.41) is 13.9. The van der Waals surface area contributed by atoms with E-state index in [1.165, 1.54) is 6.07 Å². The first-order valence-electron chi connectivity index (χ1n) is 6.61. The lowest BCUT2D eigenvalue weighted by Crippen LogP contribution is -2.24. The Morgan fingerprint density at radius 3 is 2.48 bits per heavy atom. The van der Waals surface area contributed by atoms with Crippen molar-refractivity contribution < 1.29 is 9.72 Å². The Bertz CT molecular complexity index is 638. The zero-order valence-corrected chi connectivity index (χ0v) is 11.7. The van der Waals surface area contributed by atoms with Crippen LogP contribution in [0.3, 0.4) is 0 Å². The predicted octanol–water partition coefficient (Wildman–Crippen LogP) is 3.13. The molecule has 0 saturated heterocycles. The molecule has 0 fully saturated rings. The summed E-state index contributed by atoms with van der Waals surface area (Å²) in [6.45, 7) is 1.99. The highest BCUT2D eigenvalue weighted by atomic mass is 16.6. The van der Waals surface area contributed by atoms with E-state index in [0.717, 1.165) is 17.4 Å². The van der Waals surface area contributed by atoms with Gasteiger partial charge in [0.15, 0.2) is 0 Å². The molecule has 0 spiro atoms. The predicted molar refractivity (Wildman–Crippen MR) is 81.5 cm³/mol. The van der Waals surface area contributed by atoms with Crippen molar-refractivity contribution in [2.24, 2.45) is 0 Å². The fraction of sp³-hybridized carbons (Fsp3) is 0.188. The van der Waals surface area contributed by atoms with Gasteiger partial charge in [-0.05, 0) is 25.0 Å². The van der Waals surface area contributed by atoms with E-state index >= 15 is 0 Å². The summed E-state index contributed by atoms with van der Waals surface area (Å²) < 4.78 is 0. The molecule has 1 unspecified atom stereocenters. The van der Waals surface area contributed by atoms with Crippen LogP contribution in [0.15, 0.2) is 48.5 Å². The van der Waals surface area contributed by atoms with Crippen LogP contribution in [0.4, 0.5) is 11.4 Å². The largest absolute Gasteiger partial charge is 0.370 e. The second-order valence-corrected chi connectivity index (χ2v) is 4.85. The molecule has 2 aromatic rings. The Kier molecular flexibility index (Phi) is 4.66. The maximum absolute atomic E-state index is 11.2. The first-order valence-corrected chi connectivity index (χ1v) is 6.61. The lowest BCUT2D eigenvalue weighted by Gasteiger charge is -2.14. The molecule has 0 radical (unpaired) electrons. The van der Waals surface area contributed by atoms with Gasteiger partial charge in [0.2, 0.25) is 0 Å². The van der Waals surface area contributed by atoms with Gasteiger partial charge in [0.25, 0.3) is 5.69 Å². The molecule has 0 amide bonds. The average molecular weight is 284 g/mol. The Balaban J connectivity index is 2.14. The van der Waals surface area contributed by atoms with Gasteiger partial charge in [0, 0.05) is 6.07 Å². The summed E-state index contributed by atoms with van der Waals surface area (Å²) in [4.78, 5) is 21.7. The molecule has 2 aromatic carbocycles. The van der Waals surface area contributed by atoms with Gasteiger partial charge in [-0.3, -0.25) is 10.1 Å². The third kappa shape index (κ3) is 3.89. The number of nitro groups is 1. The number of nitro benzene ring substituents is 1. The normalized spacial score (nSPS) is 11.7. The molecule has 0 aliphatic carbocycles. The molecule has 1 atom stereocenters. The van der Waals surface area contributed by atoms with E-state index in [1.54, 1.807) is 18.2 Å². The molecule has 5 nitrogen and oxygen atoms in total. The highest BCUT2D eigenvalue weighted by Gasteiger charge is 2.16. The number of carbonyl (C=O) groups is 1. The van der Waals surface area contributed by atoms with Gasteiger partial charge < -0.3 is 10.1 Å². The molecule has 1 N–H and O–H groups in total. The maximum atomic E-state index is 11.2. The number of para-hydroxylation sites is 2. The third-order valence-corrected chi connectivity index (χ3v) is 3.18. The summed E-state index contributed by atoms with van der Waals surface area (Å²) in [5.74, 6) is 0. The summed E-state index contributed by atoms with van der Waals surface area (Å²) in [6.07, 6.45) is 1.26. The van der Waals surface area contributed by atoms with Gasteiger partial charge in [0.1, 0.15) is 12.0 Å². The molecule has 0 aliphatic heterocycles. The van der Waals surface area contributed by atoms with Crippen molar-refractivity contribution in [3.05, 3.63) is 69.8 Å². The van der Waals surface area contributed by atoms with Crippen LogP contribution in [0.5, 0.6) is 0 Å². The first-order chi connectivity index (χ1) is 10.1. The number of aldehydes is 1. The third-order valence-electron chi connectivity index (χ3n) is 3.18. The number of aryl methyl sites for hydroxylation is 1. The molecular weight excluding hydrogens is 268 g/mol. The monoisotopic (exact) mass is 284 g/mol. The first kappa shape index (κ1) is 14.7. The molecule has 0 bridgehead atoms. The van der Waals surface area contributed by atoms with E-state index in [4.69, 9.17) is 0 Å². The lowest BCUT2D eigenvalue weighted by atomic mass is 10.0. The van der Waals surface area contributed by atoms with Crippen molar-refractivity contribution in [2.45, 2.75) is 19.4 Å². The van der Waals surface area contributed by atoms with E-state index in [-0.39, 0.29) is 5.69 Å². The van der Waals surface area contributed by atoms with Crippen molar-refractivity contribution in [1.82, 2.24) is 0 Å². The quantitative estimate of drug-likeness (QED) is 0.502. The Morgan fingerprint density at radius 1 is 1.19 bits per heavy atom. The van der Waals surface area contributed by atoms with Crippen molar-refractivity contribution in [3.8, 4) is 0 Å². The number of hydrogen-bond acceptors (Lipinski definition) is 4. The summed E-state index contributed by atoms with van der Waals surface area (Å²) in [6, 6.07) is 13.7. The Hall–Kier alpha value is -2.69. The number of carbonyl (C=O) groups excluding carboxylic acids is 1. The van der Waals surface area contributed by atoms with E-state index in [2.05, 4.69) is 5.32 Å². The molecule has 0 aromatic heterocycles. The summed E-state index contributed by atoms with van der Waals surface area (Å²) >= 11 is 0. The van der Waals surface area contributed by atoms with Crippen LogP contribution in [0.1, 0.15) is 11.1 Å². The highest BCUT2D eigenvalue weighted by molar-refractivity contribution is 5.70. The average Bonchev–Trinajstić information content (AvgIpc) is 2.49. The van der Waals surface area contributed by atoms with Crippen LogP contribution in [0, 0.1) is 17.0 Å². The van der Waals surface area contributed by atoms with E-state index in [0.29, 0.717) is 12.1 Å². The van der Waals surface area contributed by atoms with E-state index in [1.807, 2.05) is 31.2 Å². The topological polar surface area (TPSA) is 72.2 Å². The van der Waals surface area contributed by atoms with E-state index in [9.17, 15) is 14.9 Å². The van der Waals surface area contributed by atoms with Gasteiger partial charge in [-0.15, -0.1) is 0 Å². The lowest BCUT2D eigenvalue weighted by molar-refractivity contribution is -0.384. The fourth-order valence-corrected chi connectivity index (χ4v) is 2.07. The fourth-order valence-electron chi connectivity index (χ4n) is 2.07. The SMILES string of the molecule is Cc1ccc(CC(C=O)Nc2ccccc2[N+](=O)[O-])cc1. The van der Waals surface area contributed by atoms with Gasteiger partial charge in [-0.25, -0.2) is 0 Å². The molecule has 2 rings (SSSR count). The van der Waals surface area contributed by atoms with Gasteiger partial charge in [-0.1, -0.05) is 42.0 Å². The van der Waals surface area contributed by atoms with Crippen LogP contribution in [-0.2, 0) is 11.2 Å². The molecule has 0 saturated carbocycles. The molecule has 21 heavy (non-hydrogen) atoms. The van der Waals surface area contributed by atoms with E-state index < -0.39 is 11.0 Å². The number of hydrogen-bond donors (Lipinski definition) is 1. The minimum absolute atomic E-state index is 0.0340. The van der Waals surface area contributed by atoms with Crippen molar-refractivity contribution in [2.75, 3.05) is 5.32 Å². The zero-order valence-electron chi connectivity index (χ0n) is 11.7. The van der Waals surface area contributed by atoms with Crippen LogP contribution in [0.25, 0.3) is 0 Å². The summed E-state index contributed by atoms with van der Waals surface area (Å²) in [7, 11) is 0. The molecule has 0 aliphatic rings. The number of nitrogens with one attached hydrogen (secondary N) is 1. The van der Waals surface area contributed by atoms with Crippen molar-refractivity contribution in [3.63, 3.8) is 0 Å². The second-order valence-electron chi connectivity index (χ2n) is 4.85. The maximum Gasteiger partial charge on any atom is 0.292 e. The second kappa shape index (κ2) is 6.65. The van der Waals surface area contributed by atoms with Gasteiger partial charge >= 0.3 is 0 Å². The summed E-state index contributed by atoms with van der Waals surface area (Å²) in [5.41, 5.74) is 2.47. The smallest absolute Gasteiger partial charge is 0.292 e. The van der Waals surface area contributed by atoms with Crippen molar-refractivity contribution in [1.29, 1.82) is 0 Å². The van der Waals surface area contributed by atoms with Crippen LogP contribution in [0.2, 0.25) is 0 Å². The number of benzene rings is 2. The molecule has 0 heterocycles. The standard InChI is InChI=1S/C16H16N2O3/c1-12-6-8-13(9-7-12)10-14(11-19)17-15-4-2-3-5-16(15)18(20)21/h2-9,11,14,17H,10H2,1H3. The Morgan fingerprint density at radius 2 is 1.86 bits per heavy atom. The molecule has 5 heteroatoms. The molecule has 108 valence electrons. The van der Waals surface area contributed by atoms with Crippen LogP contribution < -0.4 is 5.32 Å². The number of anilines is 1. The van der Waals surface area contributed by atoms with Crippen LogP contribution >= 0.6 is 0 Å². The number of rotatable bonds is 6. The highest BCUT2D eigenvalue weighted by Crippen LogP contribution is 2.24. The van der Waals surface area contributed by atoms with Gasteiger partial charge in [0.05, 0.1) is 11.0 Å².